The number of hydrogen-bond acceptors (Lipinski definition) is 4. The van der Waals surface area contributed by atoms with Crippen molar-refractivity contribution < 1.29 is 4.74 Å². The Hall–Kier alpha value is -4.77. The monoisotopic (exact) mass is 524 g/mol. The lowest BCUT2D eigenvalue weighted by molar-refractivity contribution is 0.483. The smallest absolute Gasteiger partial charge is 0.137 e. The average Bonchev–Trinajstić information content (AvgIpc) is 3.47. The fourth-order valence-electron chi connectivity index (χ4n) is 5.72. The summed E-state index contributed by atoms with van der Waals surface area (Å²) < 4.78 is 8.74. The van der Waals surface area contributed by atoms with Crippen LogP contribution in [0.2, 0.25) is 0 Å². The Bertz CT molecular complexity index is 1880. The van der Waals surface area contributed by atoms with E-state index >= 15 is 0 Å². The molecule has 0 atom stereocenters. The van der Waals surface area contributed by atoms with Crippen molar-refractivity contribution in [1.29, 1.82) is 0 Å². The van der Waals surface area contributed by atoms with Crippen LogP contribution in [0.25, 0.3) is 27.6 Å². The first kappa shape index (κ1) is 24.3. The van der Waals surface area contributed by atoms with Crippen molar-refractivity contribution >= 4 is 38.9 Å². The molecule has 3 heterocycles. The maximum absolute atomic E-state index is 6.49. The van der Waals surface area contributed by atoms with Crippen LogP contribution in [0.4, 0.5) is 17.1 Å². The summed E-state index contributed by atoms with van der Waals surface area (Å²) in [5.41, 5.74) is 7.03. The van der Waals surface area contributed by atoms with Gasteiger partial charge in [-0.15, -0.1) is 0 Å². The van der Waals surface area contributed by atoms with Gasteiger partial charge in [-0.1, -0.05) is 57.2 Å². The van der Waals surface area contributed by atoms with E-state index in [4.69, 9.17) is 9.72 Å². The van der Waals surface area contributed by atoms with E-state index in [0.29, 0.717) is 0 Å². The highest BCUT2D eigenvalue weighted by Gasteiger charge is 2.24. The second kappa shape index (κ2) is 9.16. The Morgan fingerprint density at radius 2 is 1.45 bits per heavy atom. The van der Waals surface area contributed by atoms with E-state index in [0.717, 1.165) is 40.7 Å². The first-order chi connectivity index (χ1) is 19.4. The molecule has 0 unspecified atom stereocenters. The maximum atomic E-state index is 6.49. The van der Waals surface area contributed by atoms with Crippen molar-refractivity contribution in [2.45, 2.75) is 26.2 Å². The standard InChI is InChI=1S/C35H32N4O/c1-35(2,3)24-18-19-36-34(20-24)39-30-13-6-5-12-28(30)29-17-16-27(22-33(29)39)40-26-11-9-10-25(21-26)38-23-37(4)31-14-7-8-15-32(31)38/h5-22H,23H2,1-4H3. The van der Waals surface area contributed by atoms with Crippen molar-refractivity contribution in [2.75, 3.05) is 23.5 Å². The first-order valence-corrected chi connectivity index (χ1v) is 13.7. The topological polar surface area (TPSA) is 33.5 Å². The third-order valence-electron chi connectivity index (χ3n) is 7.79. The van der Waals surface area contributed by atoms with Crippen LogP contribution in [0.5, 0.6) is 11.5 Å². The molecule has 0 saturated carbocycles. The lowest BCUT2D eigenvalue weighted by atomic mass is 9.88. The third kappa shape index (κ3) is 4.06. The minimum atomic E-state index is 0.0282. The summed E-state index contributed by atoms with van der Waals surface area (Å²) in [5.74, 6) is 2.51. The van der Waals surface area contributed by atoms with Gasteiger partial charge in [0.15, 0.2) is 0 Å². The van der Waals surface area contributed by atoms with Gasteiger partial charge in [-0.05, 0) is 65.6 Å². The zero-order valence-corrected chi connectivity index (χ0v) is 23.3. The lowest BCUT2D eigenvalue weighted by Gasteiger charge is -2.20. The molecule has 40 heavy (non-hydrogen) atoms. The van der Waals surface area contributed by atoms with E-state index < -0.39 is 0 Å². The van der Waals surface area contributed by atoms with E-state index in [2.05, 4.69) is 139 Å². The second-order valence-corrected chi connectivity index (χ2v) is 11.5. The number of anilines is 3. The summed E-state index contributed by atoms with van der Waals surface area (Å²) in [6, 6.07) is 36.0. The van der Waals surface area contributed by atoms with E-state index in [-0.39, 0.29) is 5.41 Å². The predicted molar refractivity (Wildman–Crippen MR) is 166 cm³/mol. The van der Waals surface area contributed by atoms with Crippen LogP contribution < -0.4 is 14.5 Å². The Balaban J connectivity index is 1.29. The number of nitrogens with zero attached hydrogens (tertiary/aromatic N) is 4. The molecule has 0 radical (unpaired) electrons. The van der Waals surface area contributed by atoms with Crippen LogP contribution in [-0.4, -0.2) is 23.3 Å². The van der Waals surface area contributed by atoms with Crippen LogP contribution in [0.1, 0.15) is 26.3 Å². The van der Waals surface area contributed by atoms with Gasteiger partial charge in [0.25, 0.3) is 0 Å². The van der Waals surface area contributed by atoms with Gasteiger partial charge in [-0.3, -0.25) is 4.57 Å². The fraction of sp³-hybridized carbons (Fsp3) is 0.171. The molecule has 0 aliphatic carbocycles. The van der Waals surface area contributed by atoms with Crippen molar-refractivity contribution in [3.8, 4) is 17.3 Å². The number of fused-ring (bicyclic) bond motifs is 4. The summed E-state index contributed by atoms with van der Waals surface area (Å²) in [5, 5.41) is 2.38. The van der Waals surface area contributed by atoms with Gasteiger partial charge in [-0.2, -0.15) is 0 Å². The average molecular weight is 525 g/mol. The van der Waals surface area contributed by atoms with Crippen LogP contribution >= 0.6 is 0 Å². The molecule has 7 rings (SSSR count). The number of aromatic nitrogens is 2. The van der Waals surface area contributed by atoms with Crippen LogP contribution in [0.3, 0.4) is 0 Å². The molecular formula is C35H32N4O. The number of ether oxygens (including phenoxy) is 1. The van der Waals surface area contributed by atoms with Crippen LogP contribution in [0.15, 0.2) is 109 Å². The molecule has 1 aliphatic heterocycles. The number of hydrogen-bond donors (Lipinski definition) is 0. The SMILES string of the molecule is CN1CN(c2cccc(Oc3ccc4c5ccccc5n(-c5cc(C(C)(C)C)ccn5)c4c3)c2)c2ccccc21. The van der Waals surface area contributed by atoms with E-state index in [1.165, 1.54) is 27.7 Å². The fourth-order valence-corrected chi connectivity index (χ4v) is 5.72. The summed E-state index contributed by atoms with van der Waals surface area (Å²) in [6.07, 6.45) is 1.91. The van der Waals surface area contributed by atoms with Gasteiger partial charge in [0.1, 0.15) is 17.3 Å². The molecule has 0 saturated heterocycles. The Kier molecular flexibility index (Phi) is 5.56. The van der Waals surface area contributed by atoms with Crippen molar-refractivity contribution in [1.82, 2.24) is 9.55 Å². The Morgan fingerprint density at radius 3 is 2.30 bits per heavy atom. The molecule has 0 spiro atoms. The normalized spacial score (nSPS) is 13.3. The van der Waals surface area contributed by atoms with Gasteiger partial charge >= 0.3 is 0 Å². The zero-order valence-electron chi connectivity index (χ0n) is 23.3. The summed E-state index contributed by atoms with van der Waals surface area (Å²) in [7, 11) is 2.12. The molecule has 0 fully saturated rings. The number of pyridine rings is 1. The summed E-state index contributed by atoms with van der Waals surface area (Å²) in [6.45, 7) is 7.50. The molecule has 5 heteroatoms. The molecule has 5 nitrogen and oxygen atoms in total. The van der Waals surface area contributed by atoms with Gasteiger partial charge in [-0.25, -0.2) is 4.98 Å². The highest BCUT2D eigenvalue weighted by Crippen LogP contribution is 2.41. The van der Waals surface area contributed by atoms with E-state index in [1.807, 2.05) is 12.3 Å². The highest BCUT2D eigenvalue weighted by molar-refractivity contribution is 6.09. The molecule has 0 amide bonds. The molecule has 2 aromatic heterocycles. The quantitative estimate of drug-likeness (QED) is 0.231. The van der Waals surface area contributed by atoms with Crippen molar-refractivity contribution in [2.24, 2.45) is 0 Å². The minimum absolute atomic E-state index is 0.0282. The second-order valence-electron chi connectivity index (χ2n) is 11.5. The third-order valence-corrected chi connectivity index (χ3v) is 7.79. The molecule has 0 N–H and O–H groups in total. The summed E-state index contributed by atoms with van der Waals surface area (Å²) in [4.78, 5) is 9.38. The molecule has 1 aliphatic rings. The lowest BCUT2D eigenvalue weighted by Crippen LogP contribution is -2.23. The van der Waals surface area contributed by atoms with Gasteiger partial charge in [0.2, 0.25) is 0 Å². The van der Waals surface area contributed by atoms with Crippen LogP contribution in [0, 0.1) is 0 Å². The molecule has 0 bridgehead atoms. The molecule has 6 aromatic rings. The number of para-hydroxylation sites is 3. The van der Waals surface area contributed by atoms with Gasteiger partial charge < -0.3 is 14.5 Å². The largest absolute Gasteiger partial charge is 0.457 e. The first-order valence-electron chi connectivity index (χ1n) is 13.7. The number of benzene rings is 4. The van der Waals surface area contributed by atoms with E-state index in [9.17, 15) is 0 Å². The predicted octanol–water partition coefficient (Wildman–Crippen LogP) is 8.81. The molecule has 4 aromatic carbocycles. The zero-order chi connectivity index (χ0) is 27.4. The maximum Gasteiger partial charge on any atom is 0.137 e. The summed E-state index contributed by atoms with van der Waals surface area (Å²) >= 11 is 0. The highest BCUT2D eigenvalue weighted by atomic mass is 16.5. The molecular weight excluding hydrogens is 492 g/mol. The van der Waals surface area contributed by atoms with Gasteiger partial charge in [0.05, 0.1) is 29.1 Å². The molecule has 198 valence electrons. The Labute approximate surface area is 234 Å². The van der Waals surface area contributed by atoms with Crippen molar-refractivity contribution in [3.63, 3.8) is 0 Å². The van der Waals surface area contributed by atoms with Crippen LogP contribution in [-0.2, 0) is 5.41 Å². The Morgan fingerprint density at radius 1 is 0.700 bits per heavy atom. The van der Waals surface area contributed by atoms with Crippen molar-refractivity contribution in [3.05, 3.63) is 115 Å². The minimum Gasteiger partial charge on any atom is -0.457 e. The van der Waals surface area contributed by atoms with E-state index in [1.54, 1.807) is 0 Å². The van der Waals surface area contributed by atoms with Gasteiger partial charge in [0, 0.05) is 41.8 Å². The number of rotatable bonds is 4.